The number of carbonyl (C=O) groups excluding carboxylic acids is 2. The predicted octanol–water partition coefficient (Wildman–Crippen LogP) is 3.04. The van der Waals surface area contributed by atoms with E-state index >= 15 is 0 Å². The summed E-state index contributed by atoms with van der Waals surface area (Å²) in [6, 6.07) is 10.3. The lowest BCUT2D eigenvalue weighted by atomic mass is 10.0. The molecule has 0 N–H and O–H groups in total. The van der Waals surface area contributed by atoms with Gasteiger partial charge in [-0.3, -0.25) is 9.59 Å². The van der Waals surface area contributed by atoms with E-state index in [1.54, 1.807) is 0 Å². The van der Waals surface area contributed by atoms with Crippen molar-refractivity contribution in [1.82, 2.24) is 9.80 Å². The maximum atomic E-state index is 12.4. The normalized spacial score (nSPS) is 20.1. The second kappa shape index (κ2) is 8.84. The lowest BCUT2D eigenvalue weighted by molar-refractivity contribution is -0.140. The van der Waals surface area contributed by atoms with Crippen LogP contribution in [0.1, 0.15) is 37.7 Å². The standard InChI is InChI=1S/C21H28N2O2/c24-20(12-6-11-18-7-2-1-3-8-18)22-13-15-23(16-14-22)21(25)17-19-9-4-5-10-19/h1-4,7-9,19H,5-6,10-17H2/t19-/m0/s1. The van der Waals surface area contributed by atoms with Gasteiger partial charge < -0.3 is 9.80 Å². The Morgan fingerprint density at radius 1 is 0.960 bits per heavy atom. The number of allylic oxidation sites excluding steroid dienone is 2. The molecule has 2 aliphatic rings. The van der Waals surface area contributed by atoms with Gasteiger partial charge >= 0.3 is 0 Å². The third-order valence-corrected chi connectivity index (χ3v) is 5.23. The van der Waals surface area contributed by atoms with Crippen molar-refractivity contribution < 1.29 is 9.59 Å². The van der Waals surface area contributed by atoms with Crippen molar-refractivity contribution in [2.75, 3.05) is 26.2 Å². The summed E-state index contributed by atoms with van der Waals surface area (Å²) in [6.45, 7) is 2.71. The molecule has 0 aromatic heterocycles. The molecule has 0 spiro atoms. The van der Waals surface area contributed by atoms with Gasteiger partial charge in [0.1, 0.15) is 0 Å². The van der Waals surface area contributed by atoms with E-state index in [1.807, 2.05) is 28.0 Å². The molecule has 25 heavy (non-hydrogen) atoms. The summed E-state index contributed by atoms with van der Waals surface area (Å²) in [7, 11) is 0. The zero-order chi connectivity index (χ0) is 17.5. The van der Waals surface area contributed by atoms with Crippen LogP contribution in [0.3, 0.4) is 0 Å². The lowest BCUT2D eigenvalue weighted by Gasteiger charge is -2.35. The number of nitrogens with zero attached hydrogens (tertiary/aromatic N) is 2. The monoisotopic (exact) mass is 340 g/mol. The van der Waals surface area contributed by atoms with Crippen LogP contribution in [0.15, 0.2) is 42.5 Å². The minimum Gasteiger partial charge on any atom is -0.339 e. The zero-order valence-corrected chi connectivity index (χ0v) is 14.9. The highest BCUT2D eigenvalue weighted by atomic mass is 16.2. The minimum atomic E-state index is 0.224. The van der Waals surface area contributed by atoms with E-state index in [0.717, 1.165) is 25.7 Å². The quantitative estimate of drug-likeness (QED) is 0.747. The fourth-order valence-corrected chi connectivity index (χ4v) is 3.67. The molecule has 1 aliphatic heterocycles. The van der Waals surface area contributed by atoms with Gasteiger partial charge in [0.05, 0.1) is 0 Å². The zero-order valence-electron chi connectivity index (χ0n) is 14.9. The van der Waals surface area contributed by atoms with Gasteiger partial charge in [0, 0.05) is 39.0 Å². The molecular weight excluding hydrogens is 312 g/mol. The van der Waals surface area contributed by atoms with Gasteiger partial charge in [-0.2, -0.15) is 0 Å². The molecule has 0 bridgehead atoms. The number of carbonyl (C=O) groups is 2. The number of piperazine rings is 1. The number of hydrogen-bond donors (Lipinski definition) is 0. The van der Waals surface area contributed by atoms with Gasteiger partial charge in [-0.15, -0.1) is 0 Å². The van der Waals surface area contributed by atoms with Crippen molar-refractivity contribution in [2.45, 2.75) is 38.5 Å². The Morgan fingerprint density at radius 3 is 2.28 bits per heavy atom. The van der Waals surface area contributed by atoms with E-state index < -0.39 is 0 Å². The summed E-state index contributed by atoms with van der Waals surface area (Å²) in [5, 5.41) is 0. The van der Waals surface area contributed by atoms with Crippen LogP contribution in [0.5, 0.6) is 0 Å². The van der Waals surface area contributed by atoms with Crippen LogP contribution in [-0.4, -0.2) is 47.8 Å². The van der Waals surface area contributed by atoms with E-state index in [0.29, 0.717) is 44.9 Å². The van der Waals surface area contributed by atoms with E-state index in [9.17, 15) is 9.59 Å². The number of aryl methyl sites for hydroxylation is 1. The Bertz CT molecular complexity index is 604. The Kier molecular flexibility index (Phi) is 6.26. The van der Waals surface area contributed by atoms with Crippen LogP contribution in [0.25, 0.3) is 0 Å². The van der Waals surface area contributed by atoms with Crippen LogP contribution in [0, 0.1) is 5.92 Å². The molecule has 1 atom stereocenters. The maximum Gasteiger partial charge on any atom is 0.223 e. The molecule has 2 amide bonds. The smallest absolute Gasteiger partial charge is 0.223 e. The molecule has 3 rings (SSSR count). The molecule has 4 heteroatoms. The number of rotatable bonds is 6. The third kappa shape index (κ3) is 5.18. The first-order chi connectivity index (χ1) is 12.2. The van der Waals surface area contributed by atoms with Crippen LogP contribution in [0.2, 0.25) is 0 Å². The second-order valence-corrected chi connectivity index (χ2v) is 7.07. The van der Waals surface area contributed by atoms with Crippen molar-refractivity contribution >= 4 is 11.8 Å². The molecule has 134 valence electrons. The molecule has 0 radical (unpaired) electrons. The molecular formula is C21H28N2O2. The highest BCUT2D eigenvalue weighted by Crippen LogP contribution is 2.21. The average Bonchev–Trinajstić information content (AvgIpc) is 3.15. The Hall–Kier alpha value is -2.10. The van der Waals surface area contributed by atoms with Crippen LogP contribution < -0.4 is 0 Å². The van der Waals surface area contributed by atoms with Crippen molar-refractivity contribution in [3.63, 3.8) is 0 Å². The van der Waals surface area contributed by atoms with Crippen molar-refractivity contribution in [3.8, 4) is 0 Å². The summed E-state index contributed by atoms with van der Waals surface area (Å²) in [4.78, 5) is 28.6. The minimum absolute atomic E-state index is 0.224. The Morgan fingerprint density at radius 2 is 1.64 bits per heavy atom. The van der Waals surface area contributed by atoms with Gasteiger partial charge in [0.2, 0.25) is 11.8 Å². The number of benzene rings is 1. The largest absolute Gasteiger partial charge is 0.339 e. The van der Waals surface area contributed by atoms with E-state index in [1.165, 1.54) is 5.56 Å². The van der Waals surface area contributed by atoms with Gasteiger partial charge in [0.15, 0.2) is 0 Å². The van der Waals surface area contributed by atoms with Crippen molar-refractivity contribution in [2.24, 2.45) is 5.92 Å². The number of hydrogen-bond acceptors (Lipinski definition) is 2. The summed E-state index contributed by atoms with van der Waals surface area (Å²) in [5.74, 6) is 0.889. The molecule has 1 heterocycles. The fraction of sp³-hybridized carbons (Fsp3) is 0.524. The lowest BCUT2D eigenvalue weighted by Crippen LogP contribution is -2.50. The van der Waals surface area contributed by atoms with Gasteiger partial charge in [0.25, 0.3) is 0 Å². The number of amides is 2. The molecule has 1 aliphatic carbocycles. The van der Waals surface area contributed by atoms with Crippen LogP contribution >= 0.6 is 0 Å². The SMILES string of the molecule is O=C(CCCc1ccccc1)N1CCN(C(=O)C[C@H]2C=CCC2)CC1. The predicted molar refractivity (Wildman–Crippen MR) is 99.0 cm³/mol. The fourth-order valence-electron chi connectivity index (χ4n) is 3.67. The summed E-state index contributed by atoms with van der Waals surface area (Å²) in [6.07, 6.45) is 9.59. The third-order valence-electron chi connectivity index (χ3n) is 5.23. The first kappa shape index (κ1) is 17.7. The van der Waals surface area contributed by atoms with Gasteiger partial charge in [-0.1, -0.05) is 42.5 Å². The van der Waals surface area contributed by atoms with Crippen LogP contribution in [-0.2, 0) is 16.0 Å². The van der Waals surface area contributed by atoms with Gasteiger partial charge in [-0.25, -0.2) is 0 Å². The van der Waals surface area contributed by atoms with Crippen molar-refractivity contribution in [3.05, 3.63) is 48.0 Å². The maximum absolute atomic E-state index is 12.4. The second-order valence-electron chi connectivity index (χ2n) is 7.07. The van der Waals surface area contributed by atoms with E-state index in [-0.39, 0.29) is 11.8 Å². The van der Waals surface area contributed by atoms with E-state index in [2.05, 4.69) is 24.3 Å². The van der Waals surface area contributed by atoms with Crippen molar-refractivity contribution in [1.29, 1.82) is 0 Å². The Labute approximate surface area is 150 Å². The molecule has 0 unspecified atom stereocenters. The van der Waals surface area contributed by atoms with Crippen LogP contribution in [0.4, 0.5) is 0 Å². The highest BCUT2D eigenvalue weighted by molar-refractivity contribution is 5.78. The van der Waals surface area contributed by atoms with Gasteiger partial charge in [-0.05, 0) is 37.2 Å². The molecule has 1 aromatic carbocycles. The highest BCUT2D eigenvalue weighted by Gasteiger charge is 2.25. The average molecular weight is 340 g/mol. The topological polar surface area (TPSA) is 40.6 Å². The molecule has 1 aromatic rings. The Balaban J connectivity index is 1.35. The molecule has 1 saturated heterocycles. The molecule has 0 saturated carbocycles. The first-order valence-corrected chi connectivity index (χ1v) is 9.48. The molecule has 1 fully saturated rings. The summed E-state index contributed by atoms with van der Waals surface area (Å²) < 4.78 is 0. The summed E-state index contributed by atoms with van der Waals surface area (Å²) >= 11 is 0. The first-order valence-electron chi connectivity index (χ1n) is 9.48. The molecule has 4 nitrogen and oxygen atoms in total. The summed E-state index contributed by atoms with van der Waals surface area (Å²) in [5.41, 5.74) is 1.28. The van der Waals surface area contributed by atoms with E-state index in [4.69, 9.17) is 0 Å².